The van der Waals surface area contributed by atoms with Gasteiger partial charge in [0.15, 0.2) is 5.69 Å². The molecule has 0 bridgehead atoms. The smallest absolute Gasteiger partial charge is 0.356 e. The molecule has 0 saturated carbocycles. The second-order valence-electron chi connectivity index (χ2n) is 3.77. The maximum atomic E-state index is 11.0. The van der Waals surface area contributed by atoms with E-state index in [1.807, 2.05) is 0 Å². The SMILES string of the molecule is COc1ccc(C(O)c2[nH]cnc2C(=O)O)cc1Br. The standard InChI is InChI=1S/C12H11BrN2O4/c1-19-8-3-2-6(4-7(8)13)11(16)9-10(12(17)18)15-5-14-9/h2-5,11,16H,1H3,(H,14,15)(H,17,18). The summed E-state index contributed by atoms with van der Waals surface area (Å²) in [5.41, 5.74) is 0.475. The number of methoxy groups -OCH3 is 1. The van der Waals surface area contributed by atoms with Gasteiger partial charge in [-0.05, 0) is 33.6 Å². The van der Waals surface area contributed by atoms with E-state index >= 15 is 0 Å². The van der Waals surface area contributed by atoms with Crippen molar-refractivity contribution in [2.75, 3.05) is 7.11 Å². The summed E-state index contributed by atoms with van der Waals surface area (Å²) in [7, 11) is 1.54. The Hall–Kier alpha value is -1.86. The lowest BCUT2D eigenvalue weighted by Gasteiger charge is -2.12. The van der Waals surface area contributed by atoms with Gasteiger partial charge in [-0.2, -0.15) is 0 Å². The molecule has 100 valence electrons. The minimum absolute atomic E-state index is 0.143. The number of nitrogens with zero attached hydrogens (tertiary/aromatic N) is 1. The molecule has 0 saturated heterocycles. The van der Waals surface area contributed by atoms with Crippen molar-refractivity contribution in [1.29, 1.82) is 0 Å². The summed E-state index contributed by atoms with van der Waals surface area (Å²) in [6.07, 6.45) is 0.136. The molecule has 7 heteroatoms. The number of carboxylic acid groups (broad SMARTS) is 1. The summed E-state index contributed by atoms with van der Waals surface area (Å²) in [4.78, 5) is 17.3. The third kappa shape index (κ3) is 2.61. The van der Waals surface area contributed by atoms with E-state index in [1.54, 1.807) is 18.2 Å². The number of carbonyl (C=O) groups is 1. The average Bonchev–Trinajstić information content (AvgIpc) is 2.87. The van der Waals surface area contributed by atoms with Crippen molar-refractivity contribution in [2.24, 2.45) is 0 Å². The first-order chi connectivity index (χ1) is 9.04. The molecule has 1 aromatic heterocycles. The molecule has 0 spiro atoms. The number of rotatable bonds is 4. The topological polar surface area (TPSA) is 95.4 Å². The summed E-state index contributed by atoms with van der Waals surface area (Å²) in [5, 5.41) is 19.2. The molecule has 1 atom stereocenters. The summed E-state index contributed by atoms with van der Waals surface area (Å²) < 4.78 is 5.76. The highest BCUT2D eigenvalue weighted by atomic mass is 79.9. The van der Waals surface area contributed by atoms with Crippen molar-refractivity contribution in [1.82, 2.24) is 9.97 Å². The molecule has 1 heterocycles. The van der Waals surface area contributed by atoms with Crippen LogP contribution in [0, 0.1) is 0 Å². The Labute approximate surface area is 117 Å². The molecule has 0 amide bonds. The number of nitrogens with one attached hydrogen (secondary N) is 1. The molecule has 19 heavy (non-hydrogen) atoms. The maximum absolute atomic E-state index is 11.0. The van der Waals surface area contributed by atoms with Crippen LogP contribution in [0.15, 0.2) is 29.0 Å². The van der Waals surface area contributed by atoms with Gasteiger partial charge in [0, 0.05) is 0 Å². The van der Waals surface area contributed by atoms with Gasteiger partial charge < -0.3 is 19.9 Å². The molecule has 1 aromatic carbocycles. The fraction of sp³-hybridized carbons (Fsp3) is 0.167. The van der Waals surface area contributed by atoms with Crippen LogP contribution in [0.2, 0.25) is 0 Å². The van der Waals surface area contributed by atoms with Crippen LogP contribution in [0.1, 0.15) is 27.8 Å². The molecule has 0 aliphatic rings. The van der Waals surface area contributed by atoms with Crippen molar-refractivity contribution < 1.29 is 19.7 Å². The Balaban J connectivity index is 2.38. The summed E-state index contributed by atoms with van der Waals surface area (Å²) >= 11 is 3.31. The number of aromatic nitrogens is 2. The highest BCUT2D eigenvalue weighted by molar-refractivity contribution is 9.10. The number of aliphatic hydroxyl groups excluding tert-OH is 1. The molecule has 1 unspecified atom stereocenters. The van der Waals surface area contributed by atoms with E-state index in [0.29, 0.717) is 15.8 Å². The van der Waals surface area contributed by atoms with Crippen LogP contribution >= 0.6 is 15.9 Å². The zero-order valence-electron chi connectivity index (χ0n) is 9.92. The van der Waals surface area contributed by atoms with Gasteiger partial charge >= 0.3 is 5.97 Å². The number of carboxylic acids is 1. The Bertz CT molecular complexity index is 612. The molecule has 6 nitrogen and oxygen atoms in total. The molecule has 2 rings (SSSR count). The van der Waals surface area contributed by atoms with Crippen molar-refractivity contribution >= 4 is 21.9 Å². The lowest BCUT2D eigenvalue weighted by Crippen LogP contribution is -2.08. The Morgan fingerprint density at radius 1 is 1.53 bits per heavy atom. The van der Waals surface area contributed by atoms with Crippen LogP contribution in [0.5, 0.6) is 5.75 Å². The first-order valence-electron chi connectivity index (χ1n) is 5.32. The van der Waals surface area contributed by atoms with E-state index in [0.717, 1.165) is 0 Å². The molecular weight excluding hydrogens is 316 g/mol. The molecular formula is C12H11BrN2O4. The highest BCUT2D eigenvalue weighted by Crippen LogP contribution is 2.30. The van der Waals surface area contributed by atoms with Gasteiger partial charge in [0.05, 0.1) is 23.6 Å². The lowest BCUT2D eigenvalue weighted by atomic mass is 10.1. The third-order valence-corrected chi connectivity index (χ3v) is 3.26. The van der Waals surface area contributed by atoms with Crippen LogP contribution in [0.3, 0.4) is 0 Å². The Kier molecular flexibility index (Phi) is 3.87. The number of benzene rings is 1. The molecule has 0 fully saturated rings. The predicted octanol–water partition coefficient (Wildman–Crippen LogP) is 1.96. The van der Waals surface area contributed by atoms with E-state index in [-0.39, 0.29) is 11.4 Å². The summed E-state index contributed by atoms with van der Waals surface area (Å²) in [6.45, 7) is 0. The van der Waals surface area contributed by atoms with Crippen LogP contribution in [0.25, 0.3) is 0 Å². The number of aromatic carboxylic acids is 1. The first-order valence-corrected chi connectivity index (χ1v) is 6.12. The monoisotopic (exact) mass is 326 g/mol. The largest absolute Gasteiger partial charge is 0.496 e. The second kappa shape index (κ2) is 5.41. The van der Waals surface area contributed by atoms with Crippen molar-refractivity contribution in [3.63, 3.8) is 0 Å². The van der Waals surface area contributed by atoms with Crippen LogP contribution in [0.4, 0.5) is 0 Å². The Morgan fingerprint density at radius 3 is 2.84 bits per heavy atom. The number of ether oxygens (including phenoxy) is 1. The third-order valence-electron chi connectivity index (χ3n) is 2.64. The van der Waals surface area contributed by atoms with Crippen molar-refractivity contribution in [3.8, 4) is 5.75 Å². The second-order valence-corrected chi connectivity index (χ2v) is 4.62. The molecule has 0 radical (unpaired) electrons. The highest BCUT2D eigenvalue weighted by Gasteiger charge is 2.21. The van der Waals surface area contributed by atoms with E-state index in [1.165, 1.54) is 13.4 Å². The minimum Gasteiger partial charge on any atom is -0.496 e. The molecule has 3 N–H and O–H groups in total. The van der Waals surface area contributed by atoms with Crippen molar-refractivity contribution in [3.05, 3.63) is 46.0 Å². The van der Waals surface area contributed by atoms with E-state index < -0.39 is 12.1 Å². The molecule has 0 aliphatic heterocycles. The molecule has 2 aromatic rings. The quantitative estimate of drug-likeness (QED) is 0.798. The number of halogens is 1. The lowest BCUT2D eigenvalue weighted by molar-refractivity contribution is 0.0685. The van der Waals surface area contributed by atoms with Gasteiger partial charge in [0.1, 0.15) is 11.9 Å². The average molecular weight is 327 g/mol. The van der Waals surface area contributed by atoms with Crippen LogP contribution < -0.4 is 4.74 Å². The van der Waals surface area contributed by atoms with E-state index in [2.05, 4.69) is 25.9 Å². The summed E-state index contributed by atoms with van der Waals surface area (Å²) in [6, 6.07) is 5.00. The minimum atomic E-state index is -1.19. The molecule has 0 aliphatic carbocycles. The number of hydrogen-bond acceptors (Lipinski definition) is 4. The van der Waals surface area contributed by atoms with Gasteiger partial charge in [-0.1, -0.05) is 6.07 Å². The van der Waals surface area contributed by atoms with Crippen molar-refractivity contribution in [2.45, 2.75) is 6.10 Å². The zero-order chi connectivity index (χ0) is 14.0. The number of aromatic amines is 1. The fourth-order valence-electron chi connectivity index (χ4n) is 1.70. The maximum Gasteiger partial charge on any atom is 0.356 e. The van der Waals surface area contributed by atoms with Gasteiger partial charge in [-0.3, -0.25) is 0 Å². The number of aliphatic hydroxyl groups is 1. The first kappa shape index (κ1) is 13.6. The Morgan fingerprint density at radius 2 is 2.26 bits per heavy atom. The number of hydrogen-bond donors (Lipinski definition) is 3. The van der Waals surface area contributed by atoms with Gasteiger partial charge in [-0.15, -0.1) is 0 Å². The van der Waals surface area contributed by atoms with Gasteiger partial charge in [-0.25, -0.2) is 9.78 Å². The number of imidazole rings is 1. The van der Waals surface area contributed by atoms with Crippen LogP contribution in [-0.2, 0) is 0 Å². The van der Waals surface area contributed by atoms with E-state index in [4.69, 9.17) is 9.84 Å². The van der Waals surface area contributed by atoms with E-state index in [9.17, 15) is 9.90 Å². The number of H-pyrrole nitrogens is 1. The van der Waals surface area contributed by atoms with Crippen LogP contribution in [-0.4, -0.2) is 33.3 Å². The predicted molar refractivity (Wildman–Crippen MR) is 70.3 cm³/mol. The van der Waals surface area contributed by atoms with Gasteiger partial charge in [0.2, 0.25) is 0 Å². The summed E-state index contributed by atoms with van der Waals surface area (Å²) in [5.74, 6) is -0.568. The fourth-order valence-corrected chi connectivity index (χ4v) is 2.26. The normalized spacial score (nSPS) is 12.2. The zero-order valence-corrected chi connectivity index (χ0v) is 11.5. The van der Waals surface area contributed by atoms with Gasteiger partial charge in [0.25, 0.3) is 0 Å².